The lowest BCUT2D eigenvalue weighted by molar-refractivity contribution is 0.0957. The van der Waals surface area contributed by atoms with Crippen molar-refractivity contribution < 1.29 is 4.79 Å². The summed E-state index contributed by atoms with van der Waals surface area (Å²) in [4.78, 5) is 11.3. The predicted octanol–water partition coefficient (Wildman–Crippen LogP) is 0.520. The van der Waals surface area contributed by atoms with Crippen molar-refractivity contribution in [2.45, 2.75) is 31.2 Å². The molecule has 0 atom stereocenters. The van der Waals surface area contributed by atoms with Crippen molar-refractivity contribution >= 4 is 11.7 Å². The van der Waals surface area contributed by atoms with Crippen molar-refractivity contribution in [3.63, 3.8) is 0 Å². The van der Waals surface area contributed by atoms with Crippen LogP contribution in [0, 0.1) is 0 Å². The minimum atomic E-state index is -0.233. The Balaban J connectivity index is 2.08. The molecule has 1 heterocycles. The standard InChI is InChI=1S/C12H19N5O/c1-14-11(18)9-4-5-10(17-16-9)15-12(8-13)6-2-3-7-12/h4-5H,2-3,6-8,13H2,1H3,(H,14,18)(H,15,17). The lowest BCUT2D eigenvalue weighted by Gasteiger charge is -2.29. The maximum atomic E-state index is 11.3. The van der Waals surface area contributed by atoms with E-state index in [2.05, 4.69) is 20.8 Å². The third-order valence-corrected chi connectivity index (χ3v) is 3.47. The monoisotopic (exact) mass is 249 g/mol. The van der Waals surface area contributed by atoms with Crippen LogP contribution in [0.25, 0.3) is 0 Å². The third-order valence-electron chi connectivity index (χ3n) is 3.47. The fourth-order valence-corrected chi connectivity index (χ4v) is 2.35. The van der Waals surface area contributed by atoms with Gasteiger partial charge in [-0.15, -0.1) is 10.2 Å². The Morgan fingerprint density at radius 1 is 1.39 bits per heavy atom. The van der Waals surface area contributed by atoms with Crippen LogP contribution in [-0.4, -0.2) is 35.2 Å². The van der Waals surface area contributed by atoms with Gasteiger partial charge >= 0.3 is 0 Å². The number of hydrogen-bond acceptors (Lipinski definition) is 5. The van der Waals surface area contributed by atoms with Crippen molar-refractivity contribution in [3.8, 4) is 0 Å². The Kier molecular flexibility index (Phi) is 3.76. The Bertz CT molecular complexity index is 411. The molecule has 0 radical (unpaired) electrons. The van der Waals surface area contributed by atoms with Crippen molar-refractivity contribution in [3.05, 3.63) is 17.8 Å². The molecule has 1 saturated carbocycles. The number of aromatic nitrogens is 2. The normalized spacial score (nSPS) is 17.4. The van der Waals surface area contributed by atoms with Gasteiger partial charge in [-0.1, -0.05) is 12.8 Å². The lowest BCUT2D eigenvalue weighted by Crippen LogP contribution is -2.43. The first-order valence-corrected chi connectivity index (χ1v) is 6.23. The maximum Gasteiger partial charge on any atom is 0.271 e. The molecule has 0 aliphatic heterocycles. The largest absolute Gasteiger partial charge is 0.362 e. The molecule has 0 bridgehead atoms. The number of nitrogens with one attached hydrogen (secondary N) is 2. The van der Waals surface area contributed by atoms with Crippen LogP contribution in [-0.2, 0) is 0 Å². The van der Waals surface area contributed by atoms with Crippen LogP contribution in [0.1, 0.15) is 36.2 Å². The van der Waals surface area contributed by atoms with Crippen LogP contribution in [0.4, 0.5) is 5.82 Å². The zero-order valence-electron chi connectivity index (χ0n) is 10.6. The number of nitrogens with two attached hydrogens (primary N) is 1. The summed E-state index contributed by atoms with van der Waals surface area (Å²) in [6.07, 6.45) is 4.49. The van der Waals surface area contributed by atoms with Crippen LogP contribution >= 0.6 is 0 Å². The van der Waals surface area contributed by atoms with E-state index in [4.69, 9.17) is 5.73 Å². The van der Waals surface area contributed by atoms with E-state index in [1.807, 2.05) is 0 Å². The molecule has 0 aromatic carbocycles. The summed E-state index contributed by atoms with van der Waals surface area (Å²) in [5.74, 6) is 0.443. The van der Waals surface area contributed by atoms with Crippen molar-refractivity contribution in [2.75, 3.05) is 18.9 Å². The molecule has 1 aromatic heterocycles. The summed E-state index contributed by atoms with van der Waals surface area (Å²) in [6.45, 7) is 0.589. The first kappa shape index (κ1) is 12.8. The van der Waals surface area contributed by atoms with Crippen molar-refractivity contribution in [2.24, 2.45) is 5.73 Å². The third kappa shape index (κ3) is 2.59. The van der Waals surface area contributed by atoms with Crippen molar-refractivity contribution in [1.82, 2.24) is 15.5 Å². The summed E-state index contributed by atoms with van der Waals surface area (Å²) in [5, 5.41) is 13.8. The molecule has 4 N–H and O–H groups in total. The number of hydrogen-bond donors (Lipinski definition) is 3. The van der Waals surface area contributed by atoms with Gasteiger partial charge in [0.1, 0.15) is 5.82 Å². The molecule has 1 aliphatic rings. The summed E-state index contributed by atoms with van der Waals surface area (Å²) in [7, 11) is 1.57. The van der Waals surface area contributed by atoms with Crippen LogP contribution in [0.5, 0.6) is 0 Å². The number of nitrogens with zero attached hydrogens (tertiary/aromatic N) is 2. The molecule has 6 nitrogen and oxygen atoms in total. The van der Waals surface area contributed by atoms with Gasteiger partial charge in [0.15, 0.2) is 5.69 Å². The van der Waals surface area contributed by atoms with Crippen LogP contribution < -0.4 is 16.4 Å². The van der Waals surface area contributed by atoms with E-state index in [1.54, 1.807) is 19.2 Å². The quantitative estimate of drug-likeness (QED) is 0.723. The highest BCUT2D eigenvalue weighted by Gasteiger charge is 2.32. The van der Waals surface area contributed by atoms with E-state index in [0.717, 1.165) is 12.8 Å². The number of rotatable bonds is 4. The Hall–Kier alpha value is -1.69. The molecule has 98 valence electrons. The summed E-state index contributed by atoms with van der Waals surface area (Å²) < 4.78 is 0. The van der Waals surface area contributed by atoms with E-state index in [9.17, 15) is 4.79 Å². The molecule has 1 fully saturated rings. The topological polar surface area (TPSA) is 92.9 Å². The number of carbonyl (C=O) groups excluding carboxylic acids is 1. The smallest absolute Gasteiger partial charge is 0.271 e. The molecular formula is C12H19N5O. The second kappa shape index (κ2) is 5.30. The number of carbonyl (C=O) groups is 1. The minimum absolute atomic E-state index is 0.0524. The highest BCUT2D eigenvalue weighted by molar-refractivity contribution is 5.91. The van der Waals surface area contributed by atoms with E-state index in [0.29, 0.717) is 18.1 Å². The molecule has 0 unspecified atom stereocenters. The van der Waals surface area contributed by atoms with Gasteiger partial charge in [0.05, 0.1) is 5.54 Å². The van der Waals surface area contributed by atoms with Crippen LogP contribution in [0.3, 0.4) is 0 Å². The Labute approximate surface area is 106 Å². The van der Waals surface area contributed by atoms with Gasteiger partial charge in [-0.05, 0) is 25.0 Å². The van der Waals surface area contributed by atoms with E-state index < -0.39 is 0 Å². The minimum Gasteiger partial charge on any atom is -0.362 e. The Morgan fingerprint density at radius 3 is 2.61 bits per heavy atom. The maximum absolute atomic E-state index is 11.3. The van der Waals surface area contributed by atoms with E-state index >= 15 is 0 Å². The number of anilines is 1. The van der Waals surface area contributed by atoms with E-state index in [1.165, 1.54) is 12.8 Å². The van der Waals surface area contributed by atoms with Gasteiger partial charge in [-0.25, -0.2) is 0 Å². The first-order chi connectivity index (χ1) is 8.69. The summed E-state index contributed by atoms with van der Waals surface area (Å²) in [5.41, 5.74) is 6.11. The van der Waals surface area contributed by atoms with Gasteiger partial charge < -0.3 is 16.4 Å². The predicted molar refractivity (Wildman–Crippen MR) is 69.3 cm³/mol. The fourth-order valence-electron chi connectivity index (χ4n) is 2.35. The van der Waals surface area contributed by atoms with E-state index in [-0.39, 0.29) is 11.4 Å². The number of amides is 1. The lowest BCUT2D eigenvalue weighted by atomic mass is 9.98. The highest BCUT2D eigenvalue weighted by atomic mass is 16.1. The first-order valence-electron chi connectivity index (χ1n) is 6.23. The Morgan fingerprint density at radius 2 is 2.11 bits per heavy atom. The second-order valence-corrected chi connectivity index (χ2v) is 4.70. The highest BCUT2D eigenvalue weighted by Crippen LogP contribution is 2.31. The summed E-state index contributed by atoms with van der Waals surface area (Å²) in [6, 6.07) is 3.43. The fraction of sp³-hybridized carbons (Fsp3) is 0.583. The zero-order chi connectivity index (χ0) is 13.0. The van der Waals surface area contributed by atoms with Gasteiger partial charge in [0.2, 0.25) is 0 Å². The second-order valence-electron chi connectivity index (χ2n) is 4.70. The van der Waals surface area contributed by atoms with Crippen molar-refractivity contribution in [1.29, 1.82) is 0 Å². The molecule has 1 aromatic rings. The van der Waals surface area contributed by atoms with Crippen LogP contribution in [0.2, 0.25) is 0 Å². The molecule has 0 saturated heterocycles. The molecule has 18 heavy (non-hydrogen) atoms. The van der Waals surface area contributed by atoms with Gasteiger partial charge in [0, 0.05) is 13.6 Å². The molecule has 0 spiro atoms. The van der Waals surface area contributed by atoms with Gasteiger partial charge in [-0.3, -0.25) is 4.79 Å². The van der Waals surface area contributed by atoms with Crippen LogP contribution in [0.15, 0.2) is 12.1 Å². The average molecular weight is 249 g/mol. The average Bonchev–Trinajstić information content (AvgIpc) is 2.88. The SMILES string of the molecule is CNC(=O)c1ccc(NC2(CN)CCCC2)nn1. The molecule has 6 heteroatoms. The van der Waals surface area contributed by atoms with Gasteiger partial charge in [0.25, 0.3) is 5.91 Å². The van der Waals surface area contributed by atoms with Gasteiger partial charge in [-0.2, -0.15) is 0 Å². The molecular weight excluding hydrogens is 230 g/mol. The summed E-state index contributed by atoms with van der Waals surface area (Å²) >= 11 is 0. The molecule has 2 rings (SSSR count). The molecule has 1 aliphatic carbocycles. The molecule has 1 amide bonds. The zero-order valence-corrected chi connectivity index (χ0v) is 10.6.